The molecule has 23 heavy (non-hydrogen) atoms. The third-order valence-electron chi connectivity index (χ3n) is 4.32. The first-order valence-electron chi connectivity index (χ1n) is 8.29. The lowest BCUT2D eigenvalue weighted by molar-refractivity contribution is 0.706. The van der Waals surface area contributed by atoms with Gasteiger partial charge in [-0.25, -0.2) is 0 Å². The Bertz CT molecular complexity index is 664. The molecule has 3 heteroatoms. The van der Waals surface area contributed by atoms with Crippen molar-refractivity contribution in [3.63, 3.8) is 0 Å². The molecule has 2 aromatic rings. The van der Waals surface area contributed by atoms with Gasteiger partial charge in [-0.1, -0.05) is 36.9 Å². The molecule has 0 atom stereocenters. The van der Waals surface area contributed by atoms with E-state index in [9.17, 15) is 0 Å². The average molecular weight is 324 g/mol. The normalized spacial score (nSPS) is 13.7. The van der Waals surface area contributed by atoms with Crippen molar-refractivity contribution < 1.29 is 0 Å². The van der Waals surface area contributed by atoms with E-state index < -0.39 is 0 Å². The molecule has 1 heterocycles. The van der Waals surface area contributed by atoms with Crippen LogP contribution in [0.5, 0.6) is 0 Å². The third kappa shape index (κ3) is 3.98. The Morgan fingerprint density at radius 2 is 2.04 bits per heavy atom. The molecule has 0 aromatic heterocycles. The minimum absolute atomic E-state index is 0.882. The SMILES string of the molecule is C=Cc1ccc(SNCc2ccc3c(c2)CCCN3CC)cc1. The van der Waals surface area contributed by atoms with Crippen molar-refractivity contribution in [2.24, 2.45) is 0 Å². The fraction of sp³-hybridized carbons (Fsp3) is 0.300. The van der Waals surface area contributed by atoms with Crippen molar-refractivity contribution in [1.29, 1.82) is 0 Å². The summed E-state index contributed by atoms with van der Waals surface area (Å²) in [5.74, 6) is 0. The van der Waals surface area contributed by atoms with E-state index in [0.717, 1.165) is 18.7 Å². The van der Waals surface area contributed by atoms with E-state index in [2.05, 4.69) is 65.6 Å². The van der Waals surface area contributed by atoms with Gasteiger partial charge < -0.3 is 4.90 Å². The van der Waals surface area contributed by atoms with Crippen LogP contribution < -0.4 is 9.62 Å². The second-order valence-corrected chi connectivity index (χ2v) is 6.81. The van der Waals surface area contributed by atoms with E-state index in [-0.39, 0.29) is 0 Å². The van der Waals surface area contributed by atoms with Crippen LogP contribution in [0, 0.1) is 0 Å². The number of rotatable bonds is 6. The summed E-state index contributed by atoms with van der Waals surface area (Å²) in [6, 6.07) is 15.3. The Hall–Kier alpha value is -1.71. The molecule has 0 bridgehead atoms. The Morgan fingerprint density at radius 1 is 1.22 bits per heavy atom. The van der Waals surface area contributed by atoms with E-state index in [1.807, 2.05) is 6.08 Å². The molecular formula is C20H24N2S. The summed E-state index contributed by atoms with van der Waals surface area (Å²) in [5, 5.41) is 0. The maximum atomic E-state index is 3.78. The van der Waals surface area contributed by atoms with Gasteiger partial charge in [0.1, 0.15) is 0 Å². The largest absolute Gasteiger partial charge is 0.372 e. The number of hydrogen-bond donors (Lipinski definition) is 1. The first kappa shape index (κ1) is 16.2. The van der Waals surface area contributed by atoms with Gasteiger partial charge in [-0.15, -0.1) is 0 Å². The van der Waals surface area contributed by atoms with Gasteiger partial charge in [0.05, 0.1) is 0 Å². The van der Waals surface area contributed by atoms with Crippen LogP contribution in [0.25, 0.3) is 6.08 Å². The maximum absolute atomic E-state index is 3.78. The Balaban J connectivity index is 1.59. The molecule has 0 saturated carbocycles. The fourth-order valence-corrected chi connectivity index (χ4v) is 3.72. The summed E-state index contributed by atoms with van der Waals surface area (Å²) >= 11 is 1.68. The molecule has 2 nitrogen and oxygen atoms in total. The molecule has 0 aliphatic carbocycles. The summed E-state index contributed by atoms with van der Waals surface area (Å²) < 4.78 is 3.46. The van der Waals surface area contributed by atoms with E-state index in [1.54, 1.807) is 11.9 Å². The molecule has 0 spiro atoms. The second kappa shape index (κ2) is 7.71. The number of nitrogens with zero attached hydrogens (tertiary/aromatic N) is 1. The Kier molecular flexibility index (Phi) is 5.42. The Labute approximate surface area is 143 Å². The number of hydrogen-bond acceptors (Lipinski definition) is 3. The van der Waals surface area contributed by atoms with Gasteiger partial charge in [0.25, 0.3) is 0 Å². The second-order valence-electron chi connectivity index (χ2n) is 5.84. The fourth-order valence-electron chi connectivity index (χ4n) is 3.04. The van der Waals surface area contributed by atoms with Crippen LogP contribution in [-0.4, -0.2) is 13.1 Å². The monoisotopic (exact) mass is 324 g/mol. The van der Waals surface area contributed by atoms with Crippen LogP contribution in [0.1, 0.15) is 30.0 Å². The molecule has 0 radical (unpaired) electrons. The third-order valence-corrected chi connectivity index (χ3v) is 5.12. The molecule has 0 amide bonds. The van der Waals surface area contributed by atoms with E-state index in [1.165, 1.54) is 41.1 Å². The summed E-state index contributed by atoms with van der Waals surface area (Å²) in [4.78, 5) is 3.71. The van der Waals surface area contributed by atoms with Gasteiger partial charge in [0, 0.05) is 30.2 Å². The van der Waals surface area contributed by atoms with Crippen molar-refractivity contribution >= 4 is 23.7 Å². The quantitative estimate of drug-likeness (QED) is 0.761. The zero-order valence-electron chi connectivity index (χ0n) is 13.7. The first-order chi connectivity index (χ1) is 11.3. The van der Waals surface area contributed by atoms with Crippen molar-refractivity contribution in [2.45, 2.75) is 31.2 Å². The lowest BCUT2D eigenvalue weighted by Crippen LogP contribution is -2.29. The molecule has 1 aliphatic heterocycles. The average Bonchev–Trinajstić information content (AvgIpc) is 2.61. The number of anilines is 1. The van der Waals surface area contributed by atoms with E-state index >= 15 is 0 Å². The maximum Gasteiger partial charge on any atom is 0.0398 e. The molecule has 0 unspecified atom stereocenters. The van der Waals surface area contributed by atoms with Gasteiger partial charge in [-0.2, -0.15) is 0 Å². The molecule has 1 N–H and O–H groups in total. The molecule has 120 valence electrons. The van der Waals surface area contributed by atoms with Crippen LogP contribution in [0.15, 0.2) is 53.9 Å². The standard InChI is InChI=1S/C20H24N2S/c1-3-16-7-10-19(11-8-16)23-21-15-17-9-12-20-18(14-17)6-5-13-22(20)4-2/h3,7-12,14,21H,1,4-6,13,15H2,2H3. The molecule has 2 aromatic carbocycles. The number of fused-ring (bicyclic) bond motifs is 1. The van der Waals surface area contributed by atoms with Crippen LogP contribution >= 0.6 is 11.9 Å². The van der Waals surface area contributed by atoms with Gasteiger partial charge in [-0.3, -0.25) is 4.72 Å². The summed E-state index contributed by atoms with van der Waals surface area (Å²) in [7, 11) is 0. The summed E-state index contributed by atoms with van der Waals surface area (Å²) in [5.41, 5.74) is 5.44. The zero-order valence-corrected chi connectivity index (χ0v) is 14.5. The van der Waals surface area contributed by atoms with Crippen LogP contribution in [-0.2, 0) is 13.0 Å². The molecule has 0 saturated heterocycles. The molecule has 0 fully saturated rings. The predicted molar refractivity (Wildman–Crippen MR) is 102 cm³/mol. The minimum Gasteiger partial charge on any atom is -0.372 e. The van der Waals surface area contributed by atoms with Crippen molar-refractivity contribution in [3.8, 4) is 0 Å². The van der Waals surface area contributed by atoms with Crippen LogP contribution in [0.3, 0.4) is 0 Å². The predicted octanol–water partition coefficient (Wildman–Crippen LogP) is 4.90. The van der Waals surface area contributed by atoms with Crippen molar-refractivity contribution in [1.82, 2.24) is 4.72 Å². The Morgan fingerprint density at radius 3 is 2.78 bits per heavy atom. The summed E-state index contributed by atoms with van der Waals surface area (Å²) in [6.07, 6.45) is 4.34. The van der Waals surface area contributed by atoms with Gasteiger partial charge in [0.15, 0.2) is 0 Å². The van der Waals surface area contributed by atoms with Gasteiger partial charge in [-0.05, 0) is 66.6 Å². The highest BCUT2D eigenvalue weighted by atomic mass is 32.2. The topological polar surface area (TPSA) is 15.3 Å². The smallest absolute Gasteiger partial charge is 0.0398 e. The van der Waals surface area contributed by atoms with Crippen LogP contribution in [0.2, 0.25) is 0 Å². The van der Waals surface area contributed by atoms with Crippen LogP contribution in [0.4, 0.5) is 5.69 Å². The lowest BCUT2D eigenvalue weighted by atomic mass is 9.99. The molecule has 1 aliphatic rings. The van der Waals surface area contributed by atoms with Crippen molar-refractivity contribution in [2.75, 3.05) is 18.0 Å². The van der Waals surface area contributed by atoms with Gasteiger partial charge >= 0.3 is 0 Å². The molecule has 3 rings (SSSR count). The highest BCUT2D eigenvalue weighted by Gasteiger charge is 2.15. The number of benzene rings is 2. The highest BCUT2D eigenvalue weighted by molar-refractivity contribution is 7.97. The number of nitrogens with one attached hydrogen (secondary N) is 1. The minimum atomic E-state index is 0.882. The summed E-state index contributed by atoms with van der Waals surface area (Å²) in [6.45, 7) is 9.19. The zero-order chi connectivity index (χ0) is 16.1. The number of aryl methyl sites for hydroxylation is 1. The van der Waals surface area contributed by atoms with Crippen molar-refractivity contribution in [3.05, 3.63) is 65.7 Å². The van der Waals surface area contributed by atoms with Gasteiger partial charge in [0.2, 0.25) is 0 Å². The first-order valence-corrected chi connectivity index (χ1v) is 9.10. The van der Waals surface area contributed by atoms with E-state index in [4.69, 9.17) is 0 Å². The van der Waals surface area contributed by atoms with E-state index in [0.29, 0.717) is 0 Å². The highest BCUT2D eigenvalue weighted by Crippen LogP contribution is 2.28. The lowest BCUT2D eigenvalue weighted by Gasteiger charge is -2.30. The molecular weight excluding hydrogens is 300 g/mol.